The highest BCUT2D eigenvalue weighted by Crippen LogP contribution is 2.41. The second kappa shape index (κ2) is 8.25. The Morgan fingerprint density at radius 2 is 2.09 bits per heavy atom. The van der Waals surface area contributed by atoms with Gasteiger partial charge < -0.3 is 14.3 Å². The molecule has 0 unspecified atom stereocenters. The molecule has 6 heterocycles. The molecule has 1 fully saturated rings. The second-order valence-electron chi connectivity index (χ2n) is 8.49. The fourth-order valence-electron chi connectivity index (χ4n) is 4.18. The van der Waals surface area contributed by atoms with Crippen LogP contribution < -0.4 is 0 Å². The molecule has 5 aromatic heterocycles. The minimum atomic E-state index is -0.282. The summed E-state index contributed by atoms with van der Waals surface area (Å²) < 4.78 is 9.03. The van der Waals surface area contributed by atoms with Gasteiger partial charge in [-0.05, 0) is 42.5 Å². The summed E-state index contributed by atoms with van der Waals surface area (Å²) in [6.07, 6.45) is 10.7. The van der Waals surface area contributed by atoms with Gasteiger partial charge >= 0.3 is 11.8 Å². The maximum absolute atomic E-state index is 12.5. The number of imidazole rings is 1. The van der Waals surface area contributed by atoms with Gasteiger partial charge in [0.2, 0.25) is 0 Å². The van der Waals surface area contributed by atoms with Crippen LogP contribution in [-0.4, -0.2) is 56.9 Å². The van der Waals surface area contributed by atoms with E-state index in [1.165, 1.54) is 23.9 Å². The maximum Gasteiger partial charge on any atom is 0.311 e. The van der Waals surface area contributed by atoms with Gasteiger partial charge in [-0.3, -0.25) is 9.48 Å². The van der Waals surface area contributed by atoms with Gasteiger partial charge in [-0.2, -0.15) is 10.2 Å². The summed E-state index contributed by atoms with van der Waals surface area (Å²) in [5.74, 6) is 0.743. The molecule has 1 aliphatic heterocycles. The SMILES string of the molecule is Cn1ccc(-c2nnc(C(=O)N3CCc4nc[nH]c4C3)o2)n1.c1cc(C2CC2)c2ccnn2c1. The number of carbonyl (C=O) groups is 1. The molecule has 0 atom stereocenters. The molecule has 0 radical (unpaired) electrons. The van der Waals surface area contributed by atoms with Crippen LogP contribution in [0.4, 0.5) is 0 Å². The molecule has 34 heavy (non-hydrogen) atoms. The van der Waals surface area contributed by atoms with Gasteiger partial charge in [-0.1, -0.05) is 6.07 Å². The number of nitrogens with one attached hydrogen (secondary N) is 1. The van der Waals surface area contributed by atoms with Gasteiger partial charge in [-0.25, -0.2) is 9.50 Å². The quantitative estimate of drug-likeness (QED) is 0.442. The van der Waals surface area contributed by atoms with E-state index in [1.807, 2.05) is 16.9 Å². The normalized spacial score (nSPS) is 15.1. The Morgan fingerprint density at radius 3 is 2.91 bits per heavy atom. The number of pyridine rings is 1. The van der Waals surface area contributed by atoms with Gasteiger partial charge in [0.05, 0.1) is 29.8 Å². The van der Waals surface area contributed by atoms with Crippen molar-refractivity contribution in [2.45, 2.75) is 31.7 Å². The number of hydrogen-bond donors (Lipinski definition) is 1. The van der Waals surface area contributed by atoms with Gasteiger partial charge in [-0.15, -0.1) is 10.2 Å². The Bertz CT molecular complexity index is 1460. The molecule has 1 aliphatic carbocycles. The number of aryl methyl sites for hydroxylation is 1. The molecule has 1 saturated carbocycles. The monoisotopic (exact) mass is 457 g/mol. The number of H-pyrrole nitrogens is 1. The van der Waals surface area contributed by atoms with Crippen molar-refractivity contribution in [3.8, 4) is 11.6 Å². The van der Waals surface area contributed by atoms with Crippen LogP contribution in [0.2, 0.25) is 0 Å². The van der Waals surface area contributed by atoms with E-state index in [0.717, 1.165) is 17.3 Å². The van der Waals surface area contributed by atoms with E-state index in [9.17, 15) is 4.79 Å². The molecule has 0 spiro atoms. The molecular weight excluding hydrogens is 434 g/mol. The van der Waals surface area contributed by atoms with E-state index >= 15 is 0 Å². The highest BCUT2D eigenvalue weighted by molar-refractivity contribution is 5.89. The largest absolute Gasteiger partial charge is 0.411 e. The smallest absolute Gasteiger partial charge is 0.311 e. The third-order valence-electron chi connectivity index (χ3n) is 6.09. The van der Waals surface area contributed by atoms with Crippen molar-refractivity contribution in [1.29, 1.82) is 0 Å². The molecular formula is C23H23N9O2. The second-order valence-corrected chi connectivity index (χ2v) is 8.49. The fourth-order valence-corrected chi connectivity index (χ4v) is 4.18. The van der Waals surface area contributed by atoms with Crippen LogP contribution in [-0.2, 0) is 20.0 Å². The predicted molar refractivity (Wildman–Crippen MR) is 121 cm³/mol. The number of amides is 1. The zero-order valence-corrected chi connectivity index (χ0v) is 18.6. The van der Waals surface area contributed by atoms with E-state index in [2.05, 4.69) is 48.6 Å². The first-order valence-electron chi connectivity index (χ1n) is 11.2. The number of carbonyl (C=O) groups excluding carboxylic acids is 1. The summed E-state index contributed by atoms with van der Waals surface area (Å²) in [5, 5.41) is 16.1. The number of hydrogen-bond acceptors (Lipinski definition) is 7. The minimum absolute atomic E-state index is 0.0244. The Labute approximate surface area is 194 Å². The van der Waals surface area contributed by atoms with Gasteiger partial charge in [0.1, 0.15) is 5.69 Å². The third-order valence-corrected chi connectivity index (χ3v) is 6.09. The summed E-state index contributed by atoms with van der Waals surface area (Å²) in [5.41, 5.74) is 5.24. The zero-order chi connectivity index (χ0) is 23.1. The van der Waals surface area contributed by atoms with Gasteiger partial charge in [0.25, 0.3) is 5.89 Å². The summed E-state index contributed by atoms with van der Waals surface area (Å²) in [6, 6.07) is 8.13. The zero-order valence-electron chi connectivity index (χ0n) is 18.6. The first kappa shape index (κ1) is 20.3. The fraction of sp³-hybridized carbons (Fsp3) is 0.304. The van der Waals surface area contributed by atoms with Crippen LogP contribution in [0.3, 0.4) is 0 Å². The highest BCUT2D eigenvalue weighted by atomic mass is 16.4. The van der Waals surface area contributed by atoms with E-state index in [1.54, 1.807) is 35.2 Å². The van der Waals surface area contributed by atoms with Crippen LogP contribution in [0.5, 0.6) is 0 Å². The van der Waals surface area contributed by atoms with Gasteiger partial charge in [0, 0.05) is 38.6 Å². The summed E-state index contributed by atoms with van der Waals surface area (Å²) in [7, 11) is 1.79. The first-order valence-corrected chi connectivity index (χ1v) is 11.2. The lowest BCUT2D eigenvalue weighted by molar-refractivity contribution is 0.0692. The average Bonchev–Trinajstić information content (AvgIpc) is 3.31. The average molecular weight is 457 g/mol. The third kappa shape index (κ3) is 3.85. The Hall–Kier alpha value is -4.28. The van der Waals surface area contributed by atoms with Crippen molar-refractivity contribution in [1.82, 2.24) is 44.5 Å². The molecule has 2 aliphatic rings. The number of nitrogens with zero attached hydrogens (tertiary/aromatic N) is 8. The predicted octanol–water partition coefficient (Wildman–Crippen LogP) is 2.60. The van der Waals surface area contributed by atoms with Crippen molar-refractivity contribution in [3.05, 3.63) is 72.0 Å². The Morgan fingerprint density at radius 1 is 1.18 bits per heavy atom. The molecule has 172 valence electrons. The summed E-state index contributed by atoms with van der Waals surface area (Å²) >= 11 is 0. The van der Waals surface area contributed by atoms with E-state index in [-0.39, 0.29) is 17.7 Å². The number of aromatic nitrogens is 8. The topological polar surface area (TPSA) is 123 Å². The van der Waals surface area contributed by atoms with Crippen molar-refractivity contribution in [2.75, 3.05) is 6.54 Å². The van der Waals surface area contributed by atoms with Crippen molar-refractivity contribution < 1.29 is 9.21 Å². The lowest BCUT2D eigenvalue weighted by Crippen LogP contribution is -2.36. The molecule has 0 aromatic carbocycles. The summed E-state index contributed by atoms with van der Waals surface area (Å²) in [4.78, 5) is 21.4. The van der Waals surface area contributed by atoms with E-state index in [0.29, 0.717) is 25.2 Å². The molecule has 1 amide bonds. The van der Waals surface area contributed by atoms with Crippen LogP contribution in [0.1, 0.15) is 46.4 Å². The van der Waals surface area contributed by atoms with Crippen molar-refractivity contribution >= 4 is 11.4 Å². The Kier molecular flexibility index (Phi) is 4.93. The molecule has 0 saturated heterocycles. The molecule has 1 N–H and O–H groups in total. The van der Waals surface area contributed by atoms with Crippen LogP contribution in [0.15, 0.2) is 53.6 Å². The van der Waals surface area contributed by atoms with Gasteiger partial charge in [0.15, 0.2) is 0 Å². The van der Waals surface area contributed by atoms with Crippen LogP contribution >= 0.6 is 0 Å². The van der Waals surface area contributed by atoms with Crippen LogP contribution in [0.25, 0.3) is 17.1 Å². The number of rotatable bonds is 3. The molecule has 5 aromatic rings. The Balaban J connectivity index is 0.000000152. The highest BCUT2D eigenvalue weighted by Gasteiger charge is 2.27. The molecule has 0 bridgehead atoms. The molecule has 11 heteroatoms. The molecule has 7 rings (SSSR count). The lowest BCUT2D eigenvalue weighted by atomic mass is 10.1. The molecule has 11 nitrogen and oxygen atoms in total. The van der Waals surface area contributed by atoms with Crippen molar-refractivity contribution in [2.24, 2.45) is 7.05 Å². The van der Waals surface area contributed by atoms with E-state index < -0.39 is 0 Å². The van der Waals surface area contributed by atoms with Crippen molar-refractivity contribution in [3.63, 3.8) is 0 Å². The summed E-state index contributed by atoms with van der Waals surface area (Å²) in [6.45, 7) is 1.05. The maximum atomic E-state index is 12.5. The van der Waals surface area contributed by atoms with E-state index in [4.69, 9.17) is 4.42 Å². The standard InChI is InChI=1S/C13H13N7O2.C10H10N2/c1-19-4-2-9(18-19)11-16-17-12(22-11)13(21)20-5-3-8-10(6-20)15-7-14-8;1-2-9(8-3-4-8)10-5-6-11-12(10)7-1/h2,4,7H,3,5-6H2,1H3,(H,14,15);1-2,5-8H,3-4H2. The minimum Gasteiger partial charge on any atom is -0.411 e. The first-order chi connectivity index (χ1) is 16.7. The number of fused-ring (bicyclic) bond motifs is 2. The number of aromatic amines is 1. The lowest BCUT2D eigenvalue weighted by Gasteiger charge is -2.24. The van der Waals surface area contributed by atoms with Crippen LogP contribution in [0, 0.1) is 0 Å².